The molecule has 0 saturated carbocycles. The summed E-state index contributed by atoms with van der Waals surface area (Å²) < 4.78 is 0. The summed E-state index contributed by atoms with van der Waals surface area (Å²) in [5.74, 6) is 5.03. The molecule has 14 heavy (non-hydrogen) atoms. The van der Waals surface area contributed by atoms with Crippen LogP contribution in [0.5, 0.6) is 0 Å². The van der Waals surface area contributed by atoms with Gasteiger partial charge in [-0.25, -0.2) is 0 Å². The first-order valence-electron chi connectivity index (χ1n) is 5.31. The highest BCUT2D eigenvalue weighted by molar-refractivity contribution is 4.42. The van der Waals surface area contributed by atoms with E-state index in [4.69, 9.17) is 17.3 Å². The zero-order chi connectivity index (χ0) is 11.1. The molecule has 0 atom stereocenters. The Balaban J connectivity index is 0. The van der Waals surface area contributed by atoms with Crippen molar-refractivity contribution >= 4 is 0 Å². The van der Waals surface area contributed by atoms with Gasteiger partial charge in [0, 0.05) is 6.54 Å². The molecule has 0 saturated heterocycles. The van der Waals surface area contributed by atoms with E-state index in [1.165, 1.54) is 6.42 Å². The predicted molar refractivity (Wildman–Crippen MR) is 62.7 cm³/mol. The summed E-state index contributed by atoms with van der Waals surface area (Å²) in [4.78, 5) is 0. The number of unbranched alkanes of at least 4 members (excludes halogenated alkanes) is 2. The molecule has 0 aromatic carbocycles. The van der Waals surface area contributed by atoms with Crippen LogP contribution in [0.2, 0.25) is 0 Å². The van der Waals surface area contributed by atoms with Crippen LogP contribution < -0.4 is 28.1 Å². The van der Waals surface area contributed by atoms with Crippen molar-refractivity contribution in [2.75, 3.05) is 33.2 Å². The van der Waals surface area contributed by atoms with Gasteiger partial charge in [-0.2, -0.15) is 0 Å². The van der Waals surface area contributed by atoms with Gasteiger partial charge >= 0.3 is 0 Å². The van der Waals surface area contributed by atoms with Crippen LogP contribution in [0.3, 0.4) is 0 Å². The molecule has 0 aromatic heterocycles. The summed E-state index contributed by atoms with van der Waals surface area (Å²) in [6, 6.07) is 0. The van der Waals surface area contributed by atoms with Gasteiger partial charge in [0.1, 0.15) is 0 Å². The van der Waals surface area contributed by atoms with Crippen LogP contribution >= 0.6 is 0 Å². The number of hydrazine groups is 1. The summed E-state index contributed by atoms with van der Waals surface area (Å²) >= 11 is 0. The predicted octanol–water partition coefficient (Wildman–Crippen LogP) is -0.867. The van der Waals surface area contributed by atoms with E-state index in [9.17, 15) is 0 Å². The lowest BCUT2D eigenvalue weighted by Crippen LogP contribution is -2.22. The topological polar surface area (TPSA) is 102 Å². The Labute approximate surface area is 87.8 Å². The lowest BCUT2D eigenvalue weighted by atomic mass is 10.2. The molecule has 5 heteroatoms. The SMILES string of the molecule is CNCCCN.NCCCCCNN. The van der Waals surface area contributed by atoms with Crippen molar-refractivity contribution in [3.8, 4) is 0 Å². The van der Waals surface area contributed by atoms with Gasteiger partial charge in [-0.15, -0.1) is 0 Å². The van der Waals surface area contributed by atoms with Crippen LogP contribution in [0.15, 0.2) is 0 Å². The number of nitrogens with one attached hydrogen (secondary N) is 2. The van der Waals surface area contributed by atoms with Gasteiger partial charge in [0.05, 0.1) is 0 Å². The van der Waals surface area contributed by atoms with Crippen LogP contribution in [-0.4, -0.2) is 33.2 Å². The van der Waals surface area contributed by atoms with Gasteiger partial charge < -0.3 is 16.8 Å². The highest BCUT2D eigenvalue weighted by Crippen LogP contribution is 1.89. The maximum absolute atomic E-state index is 5.26. The van der Waals surface area contributed by atoms with Crippen molar-refractivity contribution in [3.63, 3.8) is 0 Å². The van der Waals surface area contributed by atoms with E-state index in [0.29, 0.717) is 0 Å². The second-order valence-corrected chi connectivity index (χ2v) is 3.05. The number of hydrogen-bond donors (Lipinski definition) is 5. The second kappa shape index (κ2) is 18.6. The maximum atomic E-state index is 5.26. The summed E-state index contributed by atoms with van der Waals surface area (Å²) in [7, 11) is 1.93. The van der Waals surface area contributed by atoms with E-state index in [0.717, 1.165) is 45.4 Å². The zero-order valence-corrected chi connectivity index (χ0v) is 9.39. The zero-order valence-electron chi connectivity index (χ0n) is 9.39. The average Bonchev–Trinajstić information content (AvgIpc) is 2.22. The number of nitrogens with two attached hydrogens (primary N) is 3. The first kappa shape index (κ1) is 16.2. The van der Waals surface area contributed by atoms with Crippen molar-refractivity contribution in [2.45, 2.75) is 25.7 Å². The molecule has 0 aromatic rings. The summed E-state index contributed by atoms with van der Waals surface area (Å²) in [5.41, 5.74) is 13.0. The summed E-state index contributed by atoms with van der Waals surface area (Å²) in [6.07, 6.45) is 4.51. The van der Waals surface area contributed by atoms with E-state index >= 15 is 0 Å². The van der Waals surface area contributed by atoms with Crippen LogP contribution in [0.25, 0.3) is 0 Å². The molecule has 0 radical (unpaired) electrons. The maximum Gasteiger partial charge on any atom is 0.00974 e. The molecule has 0 aliphatic carbocycles. The van der Waals surface area contributed by atoms with Crippen LogP contribution in [-0.2, 0) is 0 Å². The molecule has 88 valence electrons. The van der Waals surface area contributed by atoms with Gasteiger partial charge in [0.15, 0.2) is 0 Å². The molecule has 0 amide bonds. The van der Waals surface area contributed by atoms with Gasteiger partial charge in [0.2, 0.25) is 0 Å². The fourth-order valence-corrected chi connectivity index (χ4v) is 0.827. The van der Waals surface area contributed by atoms with Gasteiger partial charge in [0.25, 0.3) is 0 Å². The van der Waals surface area contributed by atoms with Crippen molar-refractivity contribution in [1.82, 2.24) is 10.7 Å². The largest absolute Gasteiger partial charge is 0.330 e. The normalized spacial score (nSPS) is 9.43. The highest BCUT2D eigenvalue weighted by Gasteiger charge is 1.82. The van der Waals surface area contributed by atoms with Crippen molar-refractivity contribution in [1.29, 1.82) is 0 Å². The van der Waals surface area contributed by atoms with E-state index in [2.05, 4.69) is 10.7 Å². The quantitative estimate of drug-likeness (QED) is 0.201. The lowest BCUT2D eigenvalue weighted by Gasteiger charge is -1.95. The van der Waals surface area contributed by atoms with E-state index in [1.807, 2.05) is 7.05 Å². The Hall–Kier alpha value is -0.200. The minimum atomic E-state index is 0.792. The fourth-order valence-electron chi connectivity index (χ4n) is 0.827. The molecule has 0 heterocycles. The Morgan fingerprint density at radius 1 is 0.857 bits per heavy atom. The van der Waals surface area contributed by atoms with Gasteiger partial charge in [-0.05, 0) is 45.9 Å². The molecule has 0 spiro atoms. The summed E-state index contributed by atoms with van der Waals surface area (Å²) in [6.45, 7) is 3.53. The van der Waals surface area contributed by atoms with E-state index in [-0.39, 0.29) is 0 Å². The third-order valence-electron chi connectivity index (χ3n) is 1.66. The molecule has 0 aliphatic heterocycles. The van der Waals surface area contributed by atoms with Crippen molar-refractivity contribution in [3.05, 3.63) is 0 Å². The minimum absolute atomic E-state index is 0.792. The standard InChI is InChI=1S/C5H15N3.C4H12N2/c6-4-2-1-3-5-8-7;1-6-4-2-3-5/h8H,1-7H2;6H,2-5H2,1H3. The monoisotopic (exact) mass is 205 g/mol. The molecule has 0 unspecified atom stereocenters. The van der Waals surface area contributed by atoms with E-state index < -0.39 is 0 Å². The van der Waals surface area contributed by atoms with Crippen molar-refractivity contribution < 1.29 is 0 Å². The molecule has 0 rings (SSSR count). The first-order chi connectivity index (χ1) is 6.83. The van der Waals surface area contributed by atoms with Crippen LogP contribution in [0, 0.1) is 0 Å². The van der Waals surface area contributed by atoms with Crippen molar-refractivity contribution in [2.24, 2.45) is 17.3 Å². The molecular weight excluding hydrogens is 178 g/mol. The smallest absolute Gasteiger partial charge is 0.00974 e. The number of rotatable bonds is 8. The number of hydrogen-bond acceptors (Lipinski definition) is 5. The molecule has 5 nitrogen and oxygen atoms in total. The van der Waals surface area contributed by atoms with Crippen LogP contribution in [0.1, 0.15) is 25.7 Å². The lowest BCUT2D eigenvalue weighted by molar-refractivity contribution is 0.624. The highest BCUT2D eigenvalue weighted by atomic mass is 15.2. The average molecular weight is 205 g/mol. The Morgan fingerprint density at radius 3 is 1.86 bits per heavy atom. The second-order valence-electron chi connectivity index (χ2n) is 3.05. The van der Waals surface area contributed by atoms with E-state index in [1.54, 1.807) is 0 Å². The Morgan fingerprint density at radius 2 is 1.50 bits per heavy atom. The Bertz CT molecular complexity index is 69.6. The molecule has 8 N–H and O–H groups in total. The van der Waals surface area contributed by atoms with Gasteiger partial charge in [-0.3, -0.25) is 11.3 Å². The molecular formula is C9H27N5. The third-order valence-corrected chi connectivity index (χ3v) is 1.66. The summed E-state index contributed by atoms with van der Waals surface area (Å²) in [5, 5.41) is 2.99. The first-order valence-corrected chi connectivity index (χ1v) is 5.31. The molecule has 0 aliphatic rings. The van der Waals surface area contributed by atoms with Gasteiger partial charge in [-0.1, -0.05) is 6.42 Å². The Kier molecular flexibility index (Phi) is 21.5. The third kappa shape index (κ3) is 22.6. The van der Waals surface area contributed by atoms with Crippen LogP contribution in [0.4, 0.5) is 0 Å². The minimum Gasteiger partial charge on any atom is -0.330 e. The fraction of sp³-hybridized carbons (Fsp3) is 1.00. The molecule has 0 fully saturated rings. The molecule has 0 bridgehead atoms.